The Morgan fingerprint density at radius 3 is 2.47 bits per heavy atom. The molecule has 0 bridgehead atoms. The smallest absolute Gasteiger partial charge is 0.234 e. The number of carbonyl (C=O) groups is 1. The lowest BCUT2D eigenvalue weighted by molar-refractivity contribution is -0.122. The summed E-state index contributed by atoms with van der Waals surface area (Å²) >= 11 is 0. The van der Waals surface area contributed by atoms with Crippen molar-refractivity contribution in [1.29, 1.82) is 0 Å². The Morgan fingerprint density at radius 2 is 1.83 bits per heavy atom. The second-order valence-corrected chi connectivity index (χ2v) is 9.98. The predicted octanol–water partition coefficient (Wildman–Crippen LogP) is 2.43. The van der Waals surface area contributed by atoms with E-state index in [1.165, 1.54) is 5.56 Å². The maximum absolute atomic E-state index is 12.6. The average molecular weight is 431 g/mol. The van der Waals surface area contributed by atoms with E-state index in [1.54, 1.807) is 7.11 Å². The largest absolute Gasteiger partial charge is 0.497 e. The number of aryl methyl sites for hydroxylation is 1. The van der Waals surface area contributed by atoms with Crippen LogP contribution >= 0.6 is 0 Å². The molecule has 1 aliphatic rings. The number of nitrogens with one attached hydrogen (secondary N) is 1. The normalized spacial score (nSPS) is 17.7. The summed E-state index contributed by atoms with van der Waals surface area (Å²) in [4.78, 5) is 14.5. The van der Waals surface area contributed by atoms with Crippen LogP contribution < -0.4 is 10.1 Å². The highest BCUT2D eigenvalue weighted by atomic mass is 32.2. The van der Waals surface area contributed by atoms with Crippen LogP contribution in [0, 0.1) is 0 Å². The SMILES string of the molecule is COc1ccc(CN(CC(=O)NCCCc2ccccc2)C2CCS(=O)(=O)C2)cc1. The highest BCUT2D eigenvalue weighted by molar-refractivity contribution is 7.91. The molecule has 1 fully saturated rings. The van der Waals surface area contributed by atoms with Gasteiger partial charge in [0.25, 0.3) is 0 Å². The van der Waals surface area contributed by atoms with Gasteiger partial charge in [-0.15, -0.1) is 0 Å². The second-order valence-electron chi connectivity index (χ2n) is 7.75. The van der Waals surface area contributed by atoms with Crippen molar-refractivity contribution in [2.24, 2.45) is 0 Å². The molecule has 7 heteroatoms. The number of carbonyl (C=O) groups excluding carboxylic acids is 1. The molecule has 1 unspecified atom stereocenters. The lowest BCUT2D eigenvalue weighted by atomic mass is 10.1. The van der Waals surface area contributed by atoms with Gasteiger partial charge in [0.15, 0.2) is 9.84 Å². The number of rotatable bonds is 10. The molecule has 0 aliphatic carbocycles. The van der Waals surface area contributed by atoms with E-state index in [-0.39, 0.29) is 30.0 Å². The molecule has 1 N–H and O–H groups in total. The van der Waals surface area contributed by atoms with Gasteiger partial charge in [-0.3, -0.25) is 9.69 Å². The van der Waals surface area contributed by atoms with Crippen LogP contribution in [-0.4, -0.2) is 57.0 Å². The number of nitrogens with zero attached hydrogens (tertiary/aromatic N) is 1. The summed E-state index contributed by atoms with van der Waals surface area (Å²) in [5.41, 5.74) is 2.28. The van der Waals surface area contributed by atoms with Crippen LogP contribution in [-0.2, 0) is 27.6 Å². The highest BCUT2D eigenvalue weighted by Gasteiger charge is 2.33. The fraction of sp³-hybridized carbons (Fsp3) is 0.435. The van der Waals surface area contributed by atoms with Gasteiger partial charge >= 0.3 is 0 Å². The summed E-state index contributed by atoms with van der Waals surface area (Å²) in [6.45, 7) is 1.33. The van der Waals surface area contributed by atoms with Crippen molar-refractivity contribution in [3.63, 3.8) is 0 Å². The molecular formula is C23H30N2O4S. The fourth-order valence-electron chi connectivity index (χ4n) is 3.75. The van der Waals surface area contributed by atoms with Gasteiger partial charge in [-0.1, -0.05) is 42.5 Å². The van der Waals surface area contributed by atoms with Crippen molar-refractivity contribution < 1.29 is 17.9 Å². The summed E-state index contributed by atoms with van der Waals surface area (Å²) in [5, 5.41) is 2.98. The molecule has 2 aromatic carbocycles. The minimum atomic E-state index is -3.02. The van der Waals surface area contributed by atoms with Gasteiger partial charge in [0.05, 0.1) is 25.2 Å². The molecule has 1 heterocycles. The third-order valence-corrected chi connectivity index (χ3v) is 7.17. The van der Waals surface area contributed by atoms with E-state index in [4.69, 9.17) is 4.74 Å². The Balaban J connectivity index is 1.55. The number of methoxy groups -OCH3 is 1. The van der Waals surface area contributed by atoms with Crippen molar-refractivity contribution in [2.75, 3.05) is 31.7 Å². The molecule has 0 radical (unpaired) electrons. The summed E-state index contributed by atoms with van der Waals surface area (Å²) in [6, 6.07) is 17.7. The molecule has 1 atom stereocenters. The molecule has 0 saturated carbocycles. The van der Waals surface area contributed by atoms with E-state index in [2.05, 4.69) is 17.4 Å². The van der Waals surface area contributed by atoms with E-state index in [0.717, 1.165) is 24.2 Å². The van der Waals surface area contributed by atoms with E-state index < -0.39 is 9.84 Å². The quantitative estimate of drug-likeness (QED) is 0.586. The maximum Gasteiger partial charge on any atom is 0.234 e. The molecule has 1 amide bonds. The van der Waals surface area contributed by atoms with Crippen LogP contribution in [0.5, 0.6) is 5.75 Å². The zero-order chi connectivity index (χ0) is 21.4. The topological polar surface area (TPSA) is 75.7 Å². The Kier molecular flexibility index (Phi) is 7.87. The molecule has 30 heavy (non-hydrogen) atoms. The first kappa shape index (κ1) is 22.3. The van der Waals surface area contributed by atoms with Crippen molar-refractivity contribution in [3.8, 4) is 5.75 Å². The number of hydrogen-bond acceptors (Lipinski definition) is 5. The first-order valence-corrected chi connectivity index (χ1v) is 12.2. The lowest BCUT2D eigenvalue weighted by Crippen LogP contribution is -2.43. The van der Waals surface area contributed by atoms with Crippen LogP contribution in [0.3, 0.4) is 0 Å². The average Bonchev–Trinajstić information content (AvgIpc) is 3.12. The van der Waals surface area contributed by atoms with Crippen molar-refractivity contribution in [2.45, 2.75) is 31.8 Å². The number of benzene rings is 2. The predicted molar refractivity (Wildman–Crippen MR) is 118 cm³/mol. The van der Waals surface area contributed by atoms with Crippen LogP contribution in [0.25, 0.3) is 0 Å². The molecule has 2 aromatic rings. The van der Waals surface area contributed by atoms with E-state index in [1.807, 2.05) is 47.4 Å². The molecule has 0 aromatic heterocycles. The highest BCUT2D eigenvalue weighted by Crippen LogP contribution is 2.21. The van der Waals surface area contributed by atoms with Gasteiger partial charge in [-0.05, 0) is 42.5 Å². The number of ether oxygens (including phenoxy) is 1. The monoisotopic (exact) mass is 430 g/mol. The lowest BCUT2D eigenvalue weighted by Gasteiger charge is -2.27. The standard InChI is InChI=1S/C23H30N2O4S/c1-29-22-11-9-20(10-12-22)16-25(21-13-15-30(27,28)18-21)17-23(26)24-14-5-8-19-6-3-2-4-7-19/h2-4,6-7,9-12,21H,5,8,13-18H2,1H3,(H,24,26). The third-order valence-electron chi connectivity index (χ3n) is 5.42. The molecular weight excluding hydrogens is 400 g/mol. The van der Waals surface area contributed by atoms with Gasteiger partial charge in [-0.2, -0.15) is 0 Å². The van der Waals surface area contributed by atoms with Crippen molar-refractivity contribution in [3.05, 3.63) is 65.7 Å². The number of amides is 1. The van der Waals surface area contributed by atoms with E-state index in [0.29, 0.717) is 19.5 Å². The van der Waals surface area contributed by atoms with Crippen molar-refractivity contribution >= 4 is 15.7 Å². The zero-order valence-corrected chi connectivity index (χ0v) is 18.2. The first-order chi connectivity index (χ1) is 14.4. The summed E-state index contributed by atoms with van der Waals surface area (Å²) in [7, 11) is -1.41. The minimum absolute atomic E-state index is 0.0686. The molecule has 1 saturated heterocycles. The fourth-order valence-corrected chi connectivity index (χ4v) is 5.51. The summed E-state index contributed by atoms with van der Waals surface area (Å²) in [6.07, 6.45) is 2.35. The molecule has 6 nitrogen and oxygen atoms in total. The Morgan fingerprint density at radius 1 is 1.10 bits per heavy atom. The summed E-state index contributed by atoms with van der Waals surface area (Å²) < 4.78 is 29.1. The maximum atomic E-state index is 12.6. The van der Waals surface area contributed by atoms with Gasteiger partial charge in [0.2, 0.25) is 5.91 Å². The molecule has 1 aliphatic heterocycles. The van der Waals surface area contributed by atoms with E-state index >= 15 is 0 Å². The first-order valence-electron chi connectivity index (χ1n) is 10.3. The van der Waals surface area contributed by atoms with Gasteiger partial charge in [-0.25, -0.2) is 8.42 Å². The van der Waals surface area contributed by atoms with Crippen LogP contribution in [0.1, 0.15) is 24.0 Å². The Labute approximate surface area is 179 Å². The Bertz CT molecular complexity index is 914. The van der Waals surface area contributed by atoms with E-state index in [9.17, 15) is 13.2 Å². The third kappa shape index (κ3) is 6.85. The minimum Gasteiger partial charge on any atom is -0.497 e. The van der Waals surface area contributed by atoms with Gasteiger partial charge < -0.3 is 10.1 Å². The summed E-state index contributed by atoms with van der Waals surface area (Å²) in [5.74, 6) is 1.01. The Hall–Kier alpha value is -2.38. The second kappa shape index (κ2) is 10.6. The molecule has 3 rings (SSSR count). The zero-order valence-electron chi connectivity index (χ0n) is 17.4. The molecule has 0 spiro atoms. The number of hydrogen-bond donors (Lipinski definition) is 1. The van der Waals surface area contributed by atoms with Gasteiger partial charge in [0.1, 0.15) is 5.75 Å². The van der Waals surface area contributed by atoms with Crippen LogP contribution in [0.15, 0.2) is 54.6 Å². The molecule has 162 valence electrons. The van der Waals surface area contributed by atoms with Crippen LogP contribution in [0.2, 0.25) is 0 Å². The van der Waals surface area contributed by atoms with Crippen LogP contribution in [0.4, 0.5) is 0 Å². The number of sulfone groups is 1. The van der Waals surface area contributed by atoms with Gasteiger partial charge in [0, 0.05) is 19.1 Å². The van der Waals surface area contributed by atoms with Crippen molar-refractivity contribution in [1.82, 2.24) is 10.2 Å².